The Morgan fingerprint density at radius 1 is 1.20 bits per heavy atom. The quantitative estimate of drug-likeness (QED) is 0.190. The molecule has 7 nitrogen and oxygen atoms in total. The molecule has 4 rings (SSSR count). The molecule has 2 aromatic carbocycles. The Morgan fingerprint density at radius 2 is 2.00 bits per heavy atom. The number of benzene rings is 2. The summed E-state index contributed by atoms with van der Waals surface area (Å²) in [4.78, 5) is 32.7. The van der Waals surface area contributed by atoms with Crippen LogP contribution in [0.4, 0.5) is 11.4 Å². The zero-order chi connectivity index (χ0) is 21.1. The average molecular weight is 437 g/mol. The molecule has 0 saturated heterocycles. The highest BCUT2D eigenvalue weighted by atomic mass is 32.2. The van der Waals surface area contributed by atoms with Crippen molar-refractivity contribution in [2.45, 2.75) is 11.9 Å². The number of hydrogen-bond acceptors (Lipinski definition) is 7. The first-order chi connectivity index (χ1) is 14.5. The molecule has 0 spiro atoms. The van der Waals surface area contributed by atoms with Crippen molar-refractivity contribution in [3.63, 3.8) is 0 Å². The van der Waals surface area contributed by atoms with Crippen LogP contribution in [0.15, 0.2) is 65.3 Å². The van der Waals surface area contributed by atoms with E-state index in [4.69, 9.17) is 0 Å². The van der Waals surface area contributed by atoms with E-state index in [2.05, 4.69) is 15.3 Å². The lowest BCUT2D eigenvalue weighted by Gasteiger charge is -2.07. The molecule has 0 aliphatic heterocycles. The Bertz CT molecular complexity index is 1240. The first kappa shape index (κ1) is 20.0. The van der Waals surface area contributed by atoms with Gasteiger partial charge in [-0.1, -0.05) is 48.2 Å². The molecule has 30 heavy (non-hydrogen) atoms. The number of nitro groups is 1. The van der Waals surface area contributed by atoms with Crippen LogP contribution in [0.5, 0.6) is 0 Å². The zero-order valence-corrected chi connectivity index (χ0v) is 17.5. The number of hydrogen-bond donors (Lipinski definition) is 1. The number of nitrogens with zero attached hydrogens (tertiary/aromatic N) is 3. The molecule has 0 radical (unpaired) electrons. The number of rotatable bonds is 6. The summed E-state index contributed by atoms with van der Waals surface area (Å²) in [5.74, 6) is -0.140. The van der Waals surface area contributed by atoms with Crippen molar-refractivity contribution < 1.29 is 9.72 Å². The summed E-state index contributed by atoms with van der Waals surface area (Å²) in [7, 11) is 0. The summed E-state index contributed by atoms with van der Waals surface area (Å²) in [6.45, 7) is 1.66. The van der Waals surface area contributed by atoms with Crippen LogP contribution in [0.3, 0.4) is 0 Å². The highest BCUT2D eigenvalue weighted by Gasteiger charge is 2.16. The van der Waals surface area contributed by atoms with E-state index in [9.17, 15) is 14.9 Å². The van der Waals surface area contributed by atoms with E-state index in [1.54, 1.807) is 19.1 Å². The van der Waals surface area contributed by atoms with Gasteiger partial charge in [0.2, 0.25) is 5.91 Å². The lowest BCUT2D eigenvalue weighted by Crippen LogP contribution is -2.14. The first-order valence-corrected chi connectivity index (χ1v) is 10.8. The topological polar surface area (TPSA) is 98.0 Å². The average Bonchev–Trinajstić information content (AvgIpc) is 3.19. The summed E-state index contributed by atoms with van der Waals surface area (Å²) in [5, 5.41) is 17.5. The molecule has 1 N–H and O–H groups in total. The number of carbonyl (C=O) groups excluding carboxylic acids is 1. The van der Waals surface area contributed by atoms with E-state index in [0.29, 0.717) is 11.3 Å². The molecule has 9 heteroatoms. The van der Waals surface area contributed by atoms with Crippen LogP contribution in [0.25, 0.3) is 21.3 Å². The minimum atomic E-state index is -0.459. The van der Waals surface area contributed by atoms with Gasteiger partial charge in [-0.2, -0.15) is 0 Å². The number of thiophene rings is 1. The third-order valence-electron chi connectivity index (χ3n) is 4.45. The Hall–Kier alpha value is -3.30. The van der Waals surface area contributed by atoms with Crippen LogP contribution in [-0.2, 0) is 4.79 Å². The molecule has 0 fully saturated rings. The zero-order valence-electron chi connectivity index (χ0n) is 15.9. The molecule has 0 unspecified atom stereocenters. The highest BCUT2D eigenvalue weighted by molar-refractivity contribution is 8.00. The van der Waals surface area contributed by atoms with E-state index in [1.165, 1.54) is 35.5 Å². The fraction of sp³-hybridized carbons (Fsp3) is 0.0952. The van der Waals surface area contributed by atoms with Crippen LogP contribution in [0, 0.1) is 17.0 Å². The first-order valence-electron chi connectivity index (χ1n) is 8.98. The maximum Gasteiger partial charge on any atom is 0.274 e. The molecule has 4 aromatic rings. The van der Waals surface area contributed by atoms with E-state index in [-0.39, 0.29) is 17.3 Å². The van der Waals surface area contributed by atoms with E-state index < -0.39 is 4.92 Å². The molecular weight excluding hydrogens is 420 g/mol. The standard InChI is InChI=1S/C21H16N4O3S2/c1-13-7-8-15(9-17(13)25(27)28)24-18(26)11-30-21-19-16(14-5-3-2-4-6-14)10-29-20(19)22-12-23-21/h2-10,12H,11H2,1H3,(H,24,26). The smallest absolute Gasteiger partial charge is 0.274 e. The number of thioether (sulfide) groups is 1. The van der Waals surface area contributed by atoms with Gasteiger partial charge in [-0.15, -0.1) is 11.3 Å². The number of aryl methyl sites for hydroxylation is 1. The van der Waals surface area contributed by atoms with Crippen molar-refractivity contribution >= 4 is 50.6 Å². The fourth-order valence-corrected chi connectivity index (χ4v) is 4.80. The van der Waals surface area contributed by atoms with E-state index in [0.717, 1.165) is 26.4 Å². The summed E-state index contributed by atoms with van der Waals surface area (Å²) in [5.41, 5.74) is 3.02. The number of nitro benzene ring substituents is 1. The second-order valence-electron chi connectivity index (χ2n) is 6.47. The predicted molar refractivity (Wildman–Crippen MR) is 120 cm³/mol. The molecule has 0 bridgehead atoms. The Morgan fingerprint density at radius 3 is 2.77 bits per heavy atom. The lowest BCUT2D eigenvalue weighted by atomic mass is 10.1. The van der Waals surface area contributed by atoms with Crippen molar-refractivity contribution in [1.29, 1.82) is 0 Å². The minimum Gasteiger partial charge on any atom is -0.325 e. The van der Waals surface area contributed by atoms with Crippen LogP contribution >= 0.6 is 23.1 Å². The molecule has 0 aliphatic carbocycles. The van der Waals surface area contributed by atoms with Gasteiger partial charge in [0.05, 0.1) is 16.1 Å². The molecule has 0 saturated carbocycles. The summed E-state index contributed by atoms with van der Waals surface area (Å²) in [6.07, 6.45) is 1.50. The summed E-state index contributed by atoms with van der Waals surface area (Å²) in [6, 6.07) is 14.6. The van der Waals surface area contributed by atoms with Gasteiger partial charge in [0, 0.05) is 28.3 Å². The number of aromatic nitrogens is 2. The third-order valence-corrected chi connectivity index (χ3v) is 6.33. The van der Waals surface area contributed by atoms with Crippen molar-refractivity contribution in [2.75, 3.05) is 11.1 Å². The second kappa shape index (κ2) is 8.60. The summed E-state index contributed by atoms with van der Waals surface area (Å²) < 4.78 is 0. The third kappa shape index (κ3) is 4.17. The number of nitrogens with one attached hydrogen (secondary N) is 1. The van der Waals surface area contributed by atoms with Gasteiger partial charge in [-0.05, 0) is 18.6 Å². The molecule has 0 atom stereocenters. The largest absolute Gasteiger partial charge is 0.325 e. The van der Waals surface area contributed by atoms with Gasteiger partial charge in [0.1, 0.15) is 16.2 Å². The Balaban J connectivity index is 1.53. The Labute approximate surface area is 180 Å². The number of carbonyl (C=O) groups is 1. The minimum absolute atomic E-state index is 0.0243. The fourth-order valence-electron chi connectivity index (χ4n) is 3.00. The predicted octanol–water partition coefficient (Wildman–Crippen LogP) is 5.31. The van der Waals surface area contributed by atoms with Crippen molar-refractivity contribution in [1.82, 2.24) is 9.97 Å². The van der Waals surface area contributed by atoms with Crippen LogP contribution in [0.2, 0.25) is 0 Å². The van der Waals surface area contributed by atoms with Gasteiger partial charge in [-0.25, -0.2) is 9.97 Å². The van der Waals surface area contributed by atoms with Crippen LogP contribution < -0.4 is 5.32 Å². The van der Waals surface area contributed by atoms with Gasteiger partial charge in [0.25, 0.3) is 5.69 Å². The Kier molecular flexibility index (Phi) is 5.73. The van der Waals surface area contributed by atoms with Gasteiger partial charge in [-0.3, -0.25) is 14.9 Å². The maximum atomic E-state index is 12.4. The molecule has 150 valence electrons. The SMILES string of the molecule is Cc1ccc(NC(=O)CSc2ncnc3scc(-c4ccccc4)c23)cc1[N+](=O)[O-]. The van der Waals surface area contributed by atoms with Gasteiger partial charge < -0.3 is 5.32 Å². The molecule has 2 aromatic heterocycles. The number of amides is 1. The van der Waals surface area contributed by atoms with Crippen molar-refractivity contribution in [2.24, 2.45) is 0 Å². The van der Waals surface area contributed by atoms with Crippen LogP contribution in [0.1, 0.15) is 5.56 Å². The van der Waals surface area contributed by atoms with Crippen molar-refractivity contribution in [3.8, 4) is 11.1 Å². The van der Waals surface area contributed by atoms with E-state index in [1.807, 2.05) is 35.7 Å². The molecule has 2 heterocycles. The van der Waals surface area contributed by atoms with Gasteiger partial charge >= 0.3 is 0 Å². The van der Waals surface area contributed by atoms with Crippen molar-refractivity contribution in [3.05, 3.63) is 75.9 Å². The lowest BCUT2D eigenvalue weighted by molar-refractivity contribution is -0.385. The van der Waals surface area contributed by atoms with Gasteiger partial charge in [0.15, 0.2) is 0 Å². The highest BCUT2D eigenvalue weighted by Crippen LogP contribution is 2.37. The normalized spacial score (nSPS) is 10.8. The second-order valence-corrected chi connectivity index (χ2v) is 8.29. The molecular formula is C21H16N4O3S2. The monoisotopic (exact) mass is 436 g/mol. The molecule has 0 aliphatic rings. The number of fused-ring (bicyclic) bond motifs is 1. The van der Waals surface area contributed by atoms with E-state index >= 15 is 0 Å². The number of anilines is 1. The molecule has 1 amide bonds. The maximum absolute atomic E-state index is 12.4. The van der Waals surface area contributed by atoms with Crippen LogP contribution in [-0.4, -0.2) is 26.6 Å². The summed E-state index contributed by atoms with van der Waals surface area (Å²) >= 11 is 2.85.